The van der Waals surface area contributed by atoms with E-state index in [1.807, 2.05) is 13.0 Å². The summed E-state index contributed by atoms with van der Waals surface area (Å²) in [4.78, 5) is 12.5. The quantitative estimate of drug-likeness (QED) is 0.593. The number of nitrogens with zero attached hydrogens (tertiary/aromatic N) is 1. The molecule has 27 heavy (non-hydrogen) atoms. The largest absolute Gasteiger partial charge is 0.493 e. The zero-order valence-electron chi connectivity index (χ0n) is 15.4. The molecule has 0 bridgehead atoms. The highest BCUT2D eigenvalue weighted by Crippen LogP contribution is 2.40. The van der Waals surface area contributed by atoms with Gasteiger partial charge in [0.15, 0.2) is 11.5 Å². The maximum Gasteiger partial charge on any atom is 0.266 e. The fraction of sp³-hybridized carbons (Fsp3) is 0.200. The van der Waals surface area contributed by atoms with Gasteiger partial charge in [-0.1, -0.05) is 17.7 Å². The predicted octanol–water partition coefficient (Wildman–Crippen LogP) is 4.22. The summed E-state index contributed by atoms with van der Waals surface area (Å²) in [5.41, 5.74) is 1.77. The van der Waals surface area contributed by atoms with Gasteiger partial charge >= 0.3 is 0 Å². The number of aryl methyl sites for hydroxylation is 1. The lowest BCUT2D eigenvalue weighted by Gasteiger charge is -2.14. The van der Waals surface area contributed by atoms with E-state index in [2.05, 4.69) is 5.32 Å². The molecule has 0 aliphatic rings. The number of anilines is 1. The van der Waals surface area contributed by atoms with Gasteiger partial charge in [-0.05, 0) is 42.8 Å². The summed E-state index contributed by atoms with van der Waals surface area (Å²) < 4.78 is 15.9. The molecule has 1 N–H and O–H groups in total. The molecule has 1 amide bonds. The van der Waals surface area contributed by atoms with E-state index in [1.54, 1.807) is 30.3 Å². The topological polar surface area (TPSA) is 80.6 Å². The first-order valence-corrected chi connectivity index (χ1v) is 8.31. The van der Waals surface area contributed by atoms with E-state index >= 15 is 0 Å². The number of hydrogen-bond acceptors (Lipinski definition) is 5. The van der Waals surface area contributed by atoms with E-state index in [9.17, 15) is 10.1 Å². The maximum atomic E-state index is 12.5. The van der Waals surface area contributed by atoms with Crippen LogP contribution < -0.4 is 19.5 Å². The van der Waals surface area contributed by atoms with Crippen molar-refractivity contribution in [1.29, 1.82) is 5.26 Å². The van der Waals surface area contributed by atoms with Gasteiger partial charge in [0.05, 0.1) is 21.3 Å². The Balaban J connectivity index is 2.42. The molecule has 0 aliphatic heterocycles. The third kappa shape index (κ3) is 4.52. The number of rotatable bonds is 6. The smallest absolute Gasteiger partial charge is 0.266 e. The highest BCUT2D eigenvalue weighted by Gasteiger charge is 2.17. The lowest BCUT2D eigenvalue weighted by molar-refractivity contribution is -0.112. The first kappa shape index (κ1) is 20.1. The first-order valence-electron chi connectivity index (χ1n) is 7.93. The molecular weight excluding hydrogens is 368 g/mol. The van der Waals surface area contributed by atoms with Gasteiger partial charge < -0.3 is 19.5 Å². The van der Waals surface area contributed by atoms with E-state index in [-0.39, 0.29) is 5.57 Å². The van der Waals surface area contributed by atoms with Crippen molar-refractivity contribution in [2.24, 2.45) is 0 Å². The van der Waals surface area contributed by atoms with Crippen LogP contribution in [0.15, 0.2) is 35.9 Å². The average molecular weight is 387 g/mol. The Bertz CT molecular complexity index is 932. The summed E-state index contributed by atoms with van der Waals surface area (Å²) in [7, 11) is 4.46. The zero-order valence-corrected chi connectivity index (χ0v) is 16.2. The Morgan fingerprint density at radius 3 is 2.41 bits per heavy atom. The van der Waals surface area contributed by atoms with Crippen LogP contribution in [0.5, 0.6) is 17.2 Å². The van der Waals surface area contributed by atoms with Gasteiger partial charge in [0.25, 0.3) is 5.91 Å². The van der Waals surface area contributed by atoms with Crippen molar-refractivity contribution in [1.82, 2.24) is 0 Å². The van der Waals surface area contributed by atoms with Gasteiger partial charge in [0.2, 0.25) is 5.75 Å². The van der Waals surface area contributed by atoms with Crippen LogP contribution in [0.2, 0.25) is 5.02 Å². The Labute approximate surface area is 162 Å². The van der Waals surface area contributed by atoms with Crippen molar-refractivity contribution in [3.05, 3.63) is 52.1 Å². The van der Waals surface area contributed by atoms with Crippen molar-refractivity contribution in [3.63, 3.8) is 0 Å². The number of carbonyl (C=O) groups is 1. The molecule has 0 saturated carbocycles. The molecule has 0 fully saturated rings. The normalized spacial score (nSPS) is 10.7. The lowest BCUT2D eigenvalue weighted by Crippen LogP contribution is -2.14. The third-order valence-corrected chi connectivity index (χ3v) is 4.08. The van der Waals surface area contributed by atoms with Gasteiger partial charge in [-0.15, -0.1) is 0 Å². The maximum absolute atomic E-state index is 12.5. The fourth-order valence-corrected chi connectivity index (χ4v) is 2.63. The molecule has 0 unspecified atom stereocenters. The van der Waals surface area contributed by atoms with E-state index in [0.29, 0.717) is 33.5 Å². The predicted molar refractivity (Wildman–Crippen MR) is 105 cm³/mol. The lowest BCUT2D eigenvalue weighted by atomic mass is 10.1. The zero-order chi connectivity index (χ0) is 20.0. The number of methoxy groups -OCH3 is 3. The number of hydrogen-bond donors (Lipinski definition) is 1. The van der Waals surface area contributed by atoms with E-state index in [4.69, 9.17) is 25.8 Å². The number of halogens is 1. The second kappa shape index (κ2) is 8.97. The van der Waals surface area contributed by atoms with Crippen LogP contribution in [0.1, 0.15) is 11.1 Å². The second-order valence-electron chi connectivity index (χ2n) is 5.51. The van der Waals surface area contributed by atoms with Gasteiger partial charge in [0, 0.05) is 16.3 Å². The second-order valence-corrected chi connectivity index (χ2v) is 5.94. The van der Waals surface area contributed by atoms with Crippen molar-refractivity contribution in [3.8, 4) is 23.3 Å². The van der Waals surface area contributed by atoms with Crippen LogP contribution in [-0.4, -0.2) is 27.2 Å². The highest BCUT2D eigenvalue weighted by molar-refractivity contribution is 6.31. The minimum absolute atomic E-state index is 0.0973. The summed E-state index contributed by atoms with van der Waals surface area (Å²) in [5.74, 6) is 0.650. The third-order valence-electron chi connectivity index (χ3n) is 3.85. The van der Waals surface area contributed by atoms with Crippen molar-refractivity contribution in [2.45, 2.75) is 6.92 Å². The van der Waals surface area contributed by atoms with Gasteiger partial charge in [-0.2, -0.15) is 5.26 Å². The Hall–Kier alpha value is -3.17. The van der Waals surface area contributed by atoms with Crippen LogP contribution in [0.4, 0.5) is 5.69 Å². The molecule has 2 aromatic rings. The number of carbonyl (C=O) groups excluding carboxylic acids is 1. The molecule has 0 atom stereocenters. The van der Waals surface area contributed by atoms with E-state index in [1.165, 1.54) is 27.4 Å². The van der Waals surface area contributed by atoms with Gasteiger partial charge in [-0.3, -0.25) is 4.79 Å². The van der Waals surface area contributed by atoms with Crippen LogP contribution in [-0.2, 0) is 4.79 Å². The van der Waals surface area contributed by atoms with Crippen LogP contribution >= 0.6 is 11.6 Å². The molecule has 0 heterocycles. The molecule has 6 nitrogen and oxygen atoms in total. The minimum Gasteiger partial charge on any atom is -0.493 e. The van der Waals surface area contributed by atoms with Crippen molar-refractivity contribution < 1.29 is 19.0 Å². The Kier molecular flexibility index (Phi) is 6.69. The summed E-state index contributed by atoms with van der Waals surface area (Å²) in [6.45, 7) is 1.83. The van der Waals surface area contributed by atoms with E-state index < -0.39 is 5.91 Å². The minimum atomic E-state index is -0.556. The Morgan fingerprint density at radius 1 is 1.11 bits per heavy atom. The first-order chi connectivity index (χ1) is 12.9. The standard InChI is InChI=1S/C20H19ClN2O4/c1-12-5-7-15(21)10-16(12)23-20(24)14(11-22)9-13-6-8-17(25-2)19(27-4)18(13)26-3/h5-10H,1-4H3,(H,23,24)/b14-9+. The SMILES string of the molecule is COc1ccc(/C=C(\C#N)C(=O)Nc2cc(Cl)ccc2C)c(OC)c1OC. The average Bonchev–Trinajstić information content (AvgIpc) is 2.67. The molecule has 0 aromatic heterocycles. The molecule has 140 valence electrons. The summed E-state index contributed by atoms with van der Waals surface area (Å²) >= 11 is 5.97. The van der Waals surface area contributed by atoms with Gasteiger partial charge in [-0.25, -0.2) is 0 Å². The van der Waals surface area contributed by atoms with Crippen LogP contribution in [0.3, 0.4) is 0 Å². The highest BCUT2D eigenvalue weighted by atomic mass is 35.5. The molecule has 0 radical (unpaired) electrons. The number of nitriles is 1. The Morgan fingerprint density at radius 2 is 1.81 bits per heavy atom. The number of benzene rings is 2. The molecule has 0 spiro atoms. The molecule has 0 aliphatic carbocycles. The monoisotopic (exact) mass is 386 g/mol. The molecular formula is C20H19ClN2O4. The van der Waals surface area contributed by atoms with Crippen LogP contribution in [0.25, 0.3) is 6.08 Å². The molecule has 0 saturated heterocycles. The fourth-order valence-electron chi connectivity index (χ4n) is 2.46. The number of ether oxygens (including phenoxy) is 3. The summed E-state index contributed by atoms with van der Waals surface area (Å²) in [5, 5.41) is 12.6. The molecule has 7 heteroatoms. The summed E-state index contributed by atoms with van der Waals surface area (Å²) in [6.07, 6.45) is 1.43. The van der Waals surface area contributed by atoms with Gasteiger partial charge in [0.1, 0.15) is 11.6 Å². The molecule has 2 aromatic carbocycles. The molecule has 2 rings (SSSR count). The van der Waals surface area contributed by atoms with E-state index in [0.717, 1.165) is 5.56 Å². The van der Waals surface area contributed by atoms with Crippen molar-refractivity contribution in [2.75, 3.05) is 26.6 Å². The number of nitrogens with one attached hydrogen (secondary N) is 1. The van der Waals surface area contributed by atoms with Crippen molar-refractivity contribution >= 4 is 29.3 Å². The number of amides is 1. The summed E-state index contributed by atoms with van der Waals surface area (Å²) in [6, 6.07) is 10.4. The van der Waals surface area contributed by atoms with Crippen LogP contribution in [0, 0.1) is 18.3 Å².